The van der Waals surface area contributed by atoms with Crippen molar-refractivity contribution in [1.82, 2.24) is 0 Å². The average Bonchev–Trinajstić information content (AvgIpc) is 2.11. The minimum atomic E-state index is -0.532. The summed E-state index contributed by atoms with van der Waals surface area (Å²) in [5.74, 6) is 0. The van der Waals surface area contributed by atoms with Gasteiger partial charge in [-0.25, -0.2) is 0 Å². The minimum Gasteiger partial charge on any atom is -0.393 e. The zero-order valence-electron chi connectivity index (χ0n) is 7.62. The lowest BCUT2D eigenvalue weighted by Gasteiger charge is -1.99. The van der Waals surface area contributed by atoms with E-state index in [2.05, 4.69) is 13.5 Å². The van der Waals surface area contributed by atoms with E-state index in [4.69, 9.17) is 5.73 Å². The second kappa shape index (κ2) is 5.03. The van der Waals surface area contributed by atoms with Gasteiger partial charge in [-0.05, 0) is 6.92 Å². The highest BCUT2D eigenvalue weighted by molar-refractivity contribution is 5.29. The molecule has 2 N–H and O–H groups in total. The van der Waals surface area contributed by atoms with Crippen LogP contribution in [0.3, 0.4) is 0 Å². The summed E-state index contributed by atoms with van der Waals surface area (Å²) in [5.41, 5.74) is 6.28. The van der Waals surface area contributed by atoms with Gasteiger partial charge in [0.25, 0.3) is 5.70 Å². The van der Waals surface area contributed by atoms with Crippen LogP contribution >= 0.6 is 0 Å². The van der Waals surface area contributed by atoms with Gasteiger partial charge < -0.3 is 5.73 Å². The third-order valence-electron chi connectivity index (χ3n) is 1.58. The van der Waals surface area contributed by atoms with Crippen LogP contribution in [0.25, 0.3) is 0 Å². The molecule has 13 heavy (non-hydrogen) atoms. The zero-order chi connectivity index (χ0) is 10.4. The third-order valence-corrected chi connectivity index (χ3v) is 1.58. The van der Waals surface area contributed by atoms with Gasteiger partial charge in [-0.15, -0.1) is 0 Å². The second-order valence-electron chi connectivity index (χ2n) is 2.49. The minimum absolute atomic E-state index is 0.129. The molecule has 4 heteroatoms. The van der Waals surface area contributed by atoms with Gasteiger partial charge in [0, 0.05) is 11.6 Å². The SMILES string of the molecule is C=C/C=C(\C(N)=C(/C)C[CH2+])[N+](=O)[O-]. The van der Waals surface area contributed by atoms with E-state index in [1.807, 2.05) is 0 Å². The second-order valence-corrected chi connectivity index (χ2v) is 2.49. The average molecular weight is 181 g/mol. The molecule has 0 saturated carbocycles. The molecule has 0 aliphatic carbocycles. The van der Waals surface area contributed by atoms with Crippen LogP contribution in [0.5, 0.6) is 0 Å². The van der Waals surface area contributed by atoms with Gasteiger partial charge in [0.15, 0.2) is 0 Å². The van der Waals surface area contributed by atoms with Crippen molar-refractivity contribution in [3.8, 4) is 0 Å². The van der Waals surface area contributed by atoms with E-state index < -0.39 is 4.92 Å². The number of rotatable bonds is 4. The zero-order valence-corrected chi connectivity index (χ0v) is 7.62. The summed E-state index contributed by atoms with van der Waals surface area (Å²) in [6.45, 7) is 8.68. The predicted molar refractivity (Wildman–Crippen MR) is 52.1 cm³/mol. The molecule has 0 aliphatic rings. The van der Waals surface area contributed by atoms with Gasteiger partial charge in [-0.1, -0.05) is 12.7 Å². The van der Waals surface area contributed by atoms with Crippen LogP contribution in [0.1, 0.15) is 13.3 Å². The molecule has 4 nitrogen and oxygen atoms in total. The van der Waals surface area contributed by atoms with E-state index in [1.165, 1.54) is 12.2 Å². The Kier molecular flexibility index (Phi) is 4.37. The monoisotopic (exact) mass is 181 g/mol. The smallest absolute Gasteiger partial charge is 0.292 e. The van der Waals surface area contributed by atoms with Crippen molar-refractivity contribution in [2.75, 3.05) is 0 Å². The normalized spacial score (nSPS) is 13.5. The molecule has 0 aromatic carbocycles. The van der Waals surface area contributed by atoms with E-state index >= 15 is 0 Å². The third kappa shape index (κ3) is 3.02. The molecule has 0 heterocycles. The maximum atomic E-state index is 10.5. The highest BCUT2D eigenvalue weighted by Crippen LogP contribution is 2.12. The Morgan fingerprint density at radius 1 is 1.77 bits per heavy atom. The van der Waals surface area contributed by atoms with E-state index in [0.29, 0.717) is 12.0 Å². The van der Waals surface area contributed by atoms with Gasteiger partial charge >= 0.3 is 0 Å². The van der Waals surface area contributed by atoms with Crippen molar-refractivity contribution < 1.29 is 4.92 Å². The van der Waals surface area contributed by atoms with Crippen LogP contribution in [-0.4, -0.2) is 4.92 Å². The van der Waals surface area contributed by atoms with Crippen LogP contribution in [-0.2, 0) is 0 Å². The molecule has 0 radical (unpaired) electrons. The highest BCUT2D eigenvalue weighted by atomic mass is 16.6. The van der Waals surface area contributed by atoms with E-state index in [-0.39, 0.29) is 11.4 Å². The lowest BCUT2D eigenvalue weighted by molar-refractivity contribution is -0.421. The Morgan fingerprint density at radius 2 is 2.31 bits per heavy atom. The largest absolute Gasteiger partial charge is 0.393 e. The van der Waals surface area contributed by atoms with E-state index in [0.717, 1.165) is 0 Å². The standard InChI is InChI=1S/C9H13N2O2/c1-4-6-8(11(12)13)9(10)7(3)5-2/h4,6H,1-2,5,10H2,3H3/q+1/b8-6+,9-7-. The summed E-state index contributed by atoms with van der Waals surface area (Å²) >= 11 is 0. The molecule has 0 aromatic rings. The van der Waals surface area contributed by atoms with Gasteiger partial charge in [-0.3, -0.25) is 10.1 Å². The van der Waals surface area contributed by atoms with Crippen LogP contribution < -0.4 is 5.73 Å². The predicted octanol–water partition coefficient (Wildman–Crippen LogP) is 1.79. The molecule has 0 rings (SSSR count). The molecule has 0 amide bonds. The number of nitrogens with two attached hydrogens (primary N) is 1. The van der Waals surface area contributed by atoms with Crippen molar-refractivity contribution >= 4 is 0 Å². The van der Waals surface area contributed by atoms with Crippen LogP contribution in [0.2, 0.25) is 0 Å². The van der Waals surface area contributed by atoms with E-state index in [1.54, 1.807) is 6.92 Å². The van der Waals surface area contributed by atoms with Crippen molar-refractivity contribution in [3.05, 3.63) is 52.7 Å². The highest BCUT2D eigenvalue weighted by Gasteiger charge is 2.15. The topological polar surface area (TPSA) is 69.2 Å². The summed E-state index contributed by atoms with van der Waals surface area (Å²) < 4.78 is 0. The van der Waals surface area contributed by atoms with Gasteiger partial charge in [0.2, 0.25) is 0 Å². The lowest BCUT2D eigenvalue weighted by Crippen LogP contribution is -2.11. The van der Waals surface area contributed by atoms with Crippen LogP contribution in [0.4, 0.5) is 0 Å². The first-order valence-electron chi connectivity index (χ1n) is 3.76. The van der Waals surface area contributed by atoms with Crippen LogP contribution in [0, 0.1) is 17.0 Å². The van der Waals surface area contributed by atoms with Crippen LogP contribution in [0.15, 0.2) is 35.7 Å². The molecular weight excluding hydrogens is 168 g/mol. The molecule has 70 valence electrons. The van der Waals surface area contributed by atoms with Crippen molar-refractivity contribution in [3.63, 3.8) is 0 Å². The fraction of sp³-hybridized carbons (Fsp3) is 0.222. The Labute approximate surface area is 77.6 Å². The first kappa shape index (κ1) is 11.3. The van der Waals surface area contributed by atoms with Gasteiger partial charge in [-0.2, -0.15) is 0 Å². The molecule has 0 aliphatic heterocycles. The number of hydrogen-bond donors (Lipinski definition) is 1. The molecule has 0 saturated heterocycles. The van der Waals surface area contributed by atoms with Crippen molar-refractivity contribution in [2.45, 2.75) is 13.3 Å². The van der Waals surface area contributed by atoms with Gasteiger partial charge in [0.05, 0.1) is 11.8 Å². The fourth-order valence-corrected chi connectivity index (χ4v) is 0.714. The fourth-order valence-electron chi connectivity index (χ4n) is 0.714. The first-order valence-corrected chi connectivity index (χ1v) is 3.76. The van der Waals surface area contributed by atoms with Gasteiger partial charge in [0.1, 0.15) is 12.1 Å². The van der Waals surface area contributed by atoms with Crippen molar-refractivity contribution in [2.24, 2.45) is 5.73 Å². The molecule has 0 fully saturated rings. The summed E-state index contributed by atoms with van der Waals surface area (Å²) in [7, 11) is 0. The molecule has 0 unspecified atom stereocenters. The van der Waals surface area contributed by atoms with Crippen molar-refractivity contribution in [1.29, 1.82) is 0 Å². The number of allylic oxidation sites excluding steroid dienone is 3. The molecule has 0 bridgehead atoms. The molecule has 0 atom stereocenters. The Bertz CT molecular complexity index is 277. The maximum Gasteiger partial charge on any atom is 0.292 e. The summed E-state index contributed by atoms with van der Waals surface area (Å²) in [6.07, 6.45) is 3.06. The molecule has 0 aromatic heterocycles. The Morgan fingerprint density at radius 3 is 2.62 bits per heavy atom. The summed E-state index contributed by atoms with van der Waals surface area (Å²) in [6, 6.07) is 0. The number of hydrogen-bond acceptors (Lipinski definition) is 3. The Hall–Kier alpha value is -1.71. The first-order chi connectivity index (χ1) is 6.04. The van der Waals surface area contributed by atoms with E-state index in [9.17, 15) is 10.1 Å². The number of nitrogens with zero attached hydrogens (tertiary/aromatic N) is 1. The quantitative estimate of drug-likeness (QED) is 0.311. The lowest BCUT2D eigenvalue weighted by atomic mass is 10.1. The Balaban J connectivity index is 5.09. The summed E-state index contributed by atoms with van der Waals surface area (Å²) in [4.78, 5) is 9.97. The molecular formula is C9H13N2O2+. The molecule has 0 spiro atoms. The maximum absolute atomic E-state index is 10.5. The number of nitro groups is 1. The summed E-state index contributed by atoms with van der Waals surface area (Å²) in [5, 5.41) is 10.5.